The molecule has 0 spiro atoms. The van der Waals surface area contributed by atoms with Crippen LogP contribution < -0.4 is 15.5 Å². The molecule has 3 aromatic heterocycles. The average Bonchev–Trinajstić information content (AvgIpc) is 3.28. The molecule has 0 aliphatic heterocycles. The Hall–Kier alpha value is -3.99. The SMILES string of the molecule is CNCCN(CC=O)c1ccc(Nc2ncc(F)c(-c3cc(F)c4cnn(C(C)C)c4c3)n2)nc1. The van der Waals surface area contributed by atoms with Gasteiger partial charge in [0.2, 0.25) is 5.95 Å². The lowest BCUT2D eigenvalue weighted by Crippen LogP contribution is -2.32. The summed E-state index contributed by atoms with van der Waals surface area (Å²) in [6, 6.07) is 6.44. The number of nitrogens with one attached hydrogen (secondary N) is 2. The number of aldehydes is 1. The van der Waals surface area contributed by atoms with Crippen LogP contribution in [-0.4, -0.2) is 57.7 Å². The van der Waals surface area contributed by atoms with Gasteiger partial charge in [0, 0.05) is 24.7 Å². The number of hydrogen-bond donors (Lipinski definition) is 2. The summed E-state index contributed by atoms with van der Waals surface area (Å²) in [5.74, 6) is -0.639. The molecule has 0 saturated heterocycles. The number of anilines is 3. The predicted molar refractivity (Wildman–Crippen MR) is 131 cm³/mol. The van der Waals surface area contributed by atoms with Crippen molar-refractivity contribution in [3.63, 3.8) is 0 Å². The maximum absolute atomic E-state index is 14.7. The molecule has 0 unspecified atom stereocenters. The fourth-order valence-electron chi connectivity index (χ4n) is 3.70. The molecule has 9 nitrogen and oxygen atoms in total. The Morgan fingerprint density at radius 1 is 1.11 bits per heavy atom. The minimum Gasteiger partial charge on any atom is -0.362 e. The summed E-state index contributed by atoms with van der Waals surface area (Å²) in [4.78, 5) is 25.5. The van der Waals surface area contributed by atoms with Crippen molar-refractivity contribution in [2.75, 3.05) is 36.9 Å². The lowest BCUT2D eigenvalue weighted by atomic mass is 10.1. The van der Waals surface area contributed by atoms with Crippen molar-refractivity contribution in [1.82, 2.24) is 30.0 Å². The van der Waals surface area contributed by atoms with Crippen molar-refractivity contribution < 1.29 is 13.6 Å². The summed E-state index contributed by atoms with van der Waals surface area (Å²) in [5.41, 5.74) is 1.57. The van der Waals surface area contributed by atoms with Crippen molar-refractivity contribution in [3.8, 4) is 11.3 Å². The zero-order chi connectivity index (χ0) is 24.9. The number of fused-ring (bicyclic) bond motifs is 1. The number of likely N-dealkylation sites (N-methyl/N-ethyl adjacent to an activating group) is 1. The Bertz CT molecular complexity index is 1320. The quantitative estimate of drug-likeness (QED) is 0.331. The van der Waals surface area contributed by atoms with E-state index in [9.17, 15) is 13.6 Å². The topological polar surface area (TPSA) is 101 Å². The van der Waals surface area contributed by atoms with Gasteiger partial charge in [-0.3, -0.25) is 4.68 Å². The van der Waals surface area contributed by atoms with E-state index in [4.69, 9.17) is 0 Å². The van der Waals surface area contributed by atoms with E-state index in [1.54, 1.807) is 23.0 Å². The standard InChI is InChI=1S/C24H26F2N8O/c1-15(2)34-21-11-16(10-19(25)18(21)13-30-34)23-20(26)14-29-24(32-23)31-22-5-4-17(12-28-22)33(8-9-35)7-6-27-3/h4-5,9-15,27H,6-8H2,1-3H3,(H,28,29,31,32). The van der Waals surface area contributed by atoms with Crippen LogP contribution in [0.3, 0.4) is 0 Å². The highest BCUT2D eigenvalue weighted by Crippen LogP contribution is 2.29. The number of carbonyl (C=O) groups is 1. The molecular weight excluding hydrogens is 454 g/mol. The van der Waals surface area contributed by atoms with Crippen LogP contribution in [0.25, 0.3) is 22.2 Å². The summed E-state index contributed by atoms with van der Waals surface area (Å²) in [6.45, 7) is 5.47. The van der Waals surface area contributed by atoms with Gasteiger partial charge in [-0.05, 0) is 45.2 Å². The molecule has 0 fully saturated rings. The predicted octanol–water partition coefficient (Wildman–Crippen LogP) is 3.72. The largest absolute Gasteiger partial charge is 0.362 e. The molecule has 0 aliphatic rings. The van der Waals surface area contributed by atoms with Crippen molar-refractivity contribution >= 4 is 34.6 Å². The van der Waals surface area contributed by atoms with Crippen LogP contribution in [0.5, 0.6) is 0 Å². The fourth-order valence-corrected chi connectivity index (χ4v) is 3.70. The number of carbonyl (C=O) groups excluding carboxylic acids is 1. The minimum atomic E-state index is -0.678. The van der Waals surface area contributed by atoms with Gasteiger partial charge >= 0.3 is 0 Å². The average molecular weight is 481 g/mol. The molecule has 2 N–H and O–H groups in total. The first-order valence-electron chi connectivity index (χ1n) is 11.2. The summed E-state index contributed by atoms with van der Waals surface area (Å²) < 4.78 is 31.1. The van der Waals surface area contributed by atoms with E-state index in [1.165, 1.54) is 12.3 Å². The van der Waals surface area contributed by atoms with E-state index in [0.717, 1.165) is 18.2 Å². The van der Waals surface area contributed by atoms with Gasteiger partial charge in [-0.2, -0.15) is 5.10 Å². The van der Waals surface area contributed by atoms with E-state index in [1.807, 2.05) is 31.9 Å². The summed E-state index contributed by atoms with van der Waals surface area (Å²) >= 11 is 0. The van der Waals surface area contributed by atoms with E-state index in [-0.39, 0.29) is 29.8 Å². The van der Waals surface area contributed by atoms with Crippen LogP contribution in [-0.2, 0) is 4.79 Å². The normalized spacial score (nSPS) is 11.3. The third kappa shape index (κ3) is 5.24. The minimum absolute atomic E-state index is 0.00404. The number of benzene rings is 1. The third-order valence-corrected chi connectivity index (χ3v) is 5.45. The van der Waals surface area contributed by atoms with E-state index >= 15 is 0 Å². The highest BCUT2D eigenvalue weighted by atomic mass is 19.1. The van der Waals surface area contributed by atoms with Crippen molar-refractivity contribution in [2.24, 2.45) is 0 Å². The first-order chi connectivity index (χ1) is 16.9. The molecule has 182 valence electrons. The molecule has 0 radical (unpaired) electrons. The van der Waals surface area contributed by atoms with Crippen molar-refractivity contribution in [1.29, 1.82) is 0 Å². The summed E-state index contributed by atoms with van der Waals surface area (Å²) in [5, 5.41) is 10.6. The van der Waals surface area contributed by atoms with Gasteiger partial charge in [-0.15, -0.1) is 0 Å². The Kier molecular flexibility index (Phi) is 7.25. The lowest BCUT2D eigenvalue weighted by Gasteiger charge is -2.22. The number of halogens is 2. The molecule has 1 aromatic carbocycles. The zero-order valence-electron chi connectivity index (χ0n) is 19.7. The van der Waals surface area contributed by atoms with Gasteiger partial charge in [0.15, 0.2) is 5.82 Å². The first kappa shape index (κ1) is 24.1. The second kappa shape index (κ2) is 10.5. The summed E-state index contributed by atoms with van der Waals surface area (Å²) in [7, 11) is 1.84. The lowest BCUT2D eigenvalue weighted by molar-refractivity contribution is -0.106. The molecule has 11 heteroatoms. The highest BCUT2D eigenvalue weighted by Gasteiger charge is 2.16. The fraction of sp³-hybridized carbons (Fsp3) is 0.292. The molecule has 4 rings (SSSR count). The van der Waals surface area contributed by atoms with Crippen LogP contribution in [0.15, 0.2) is 42.9 Å². The zero-order valence-corrected chi connectivity index (χ0v) is 19.7. The number of hydrogen-bond acceptors (Lipinski definition) is 8. The van der Waals surface area contributed by atoms with Crippen molar-refractivity contribution in [3.05, 3.63) is 54.5 Å². The molecule has 0 aliphatic carbocycles. The third-order valence-electron chi connectivity index (χ3n) is 5.45. The Labute approximate surface area is 201 Å². The number of pyridine rings is 1. The second-order valence-electron chi connectivity index (χ2n) is 8.21. The maximum Gasteiger partial charge on any atom is 0.229 e. The van der Waals surface area contributed by atoms with Gasteiger partial charge in [-0.25, -0.2) is 23.7 Å². The highest BCUT2D eigenvalue weighted by molar-refractivity contribution is 5.84. The van der Waals surface area contributed by atoms with Crippen LogP contribution in [0.2, 0.25) is 0 Å². The van der Waals surface area contributed by atoms with Gasteiger partial charge in [-0.1, -0.05) is 0 Å². The van der Waals surface area contributed by atoms with E-state index in [2.05, 4.69) is 30.7 Å². The van der Waals surface area contributed by atoms with Gasteiger partial charge in [0.25, 0.3) is 0 Å². The Balaban J connectivity index is 1.61. The van der Waals surface area contributed by atoms with Crippen LogP contribution in [0.1, 0.15) is 19.9 Å². The maximum atomic E-state index is 14.7. The molecular formula is C24H26F2N8O. The number of rotatable bonds is 10. The van der Waals surface area contributed by atoms with Gasteiger partial charge in [0.1, 0.15) is 23.6 Å². The Morgan fingerprint density at radius 2 is 1.94 bits per heavy atom. The number of nitrogens with zero attached hydrogens (tertiary/aromatic N) is 6. The monoisotopic (exact) mass is 480 g/mol. The van der Waals surface area contributed by atoms with Crippen LogP contribution in [0, 0.1) is 11.6 Å². The van der Waals surface area contributed by atoms with Crippen LogP contribution in [0.4, 0.5) is 26.2 Å². The van der Waals surface area contributed by atoms with Gasteiger partial charge < -0.3 is 20.3 Å². The first-order valence-corrected chi connectivity index (χ1v) is 11.2. The van der Waals surface area contributed by atoms with Gasteiger partial charge in [0.05, 0.1) is 41.7 Å². The summed E-state index contributed by atoms with van der Waals surface area (Å²) in [6.07, 6.45) is 4.96. The molecule has 3 heterocycles. The Morgan fingerprint density at radius 3 is 2.63 bits per heavy atom. The number of aromatic nitrogens is 5. The molecule has 0 bridgehead atoms. The van der Waals surface area contributed by atoms with Crippen molar-refractivity contribution in [2.45, 2.75) is 19.9 Å². The van der Waals surface area contributed by atoms with E-state index in [0.29, 0.717) is 29.8 Å². The molecule has 4 aromatic rings. The smallest absolute Gasteiger partial charge is 0.229 e. The molecule has 0 atom stereocenters. The molecule has 0 amide bonds. The second-order valence-corrected chi connectivity index (χ2v) is 8.21. The molecule has 0 saturated carbocycles. The molecule has 35 heavy (non-hydrogen) atoms. The van der Waals surface area contributed by atoms with Crippen LogP contribution >= 0.6 is 0 Å². The van der Waals surface area contributed by atoms with E-state index < -0.39 is 11.6 Å².